The SMILES string of the molecule is COCC1(N)CC[C@](CO[C@H](C)c2cc(C(F)(F)F)cc(C(F)(F)F)c2)(c2ccccc2)N(C(=O)OCc2ccccc2)C1. The molecule has 1 heterocycles. The Morgan fingerprint density at radius 2 is 1.45 bits per heavy atom. The summed E-state index contributed by atoms with van der Waals surface area (Å²) in [5, 5.41) is 0. The highest BCUT2D eigenvalue weighted by molar-refractivity contribution is 5.70. The molecule has 1 aliphatic rings. The van der Waals surface area contributed by atoms with Crippen LogP contribution in [0.3, 0.4) is 0 Å². The molecule has 44 heavy (non-hydrogen) atoms. The van der Waals surface area contributed by atoms with Crippen LogP contribution in [0.4, 0.5) is 31.1 Å². The first-order chi connectivity index (χ1) is 20.7. The van der Waals surface area contributed by atoms with Gasteiger partial charge < -0.3 is 19.9 Å². The molecule has 3 aromatic rings. The Balaban J connectivity index is 1.70. The number of rotatable bonds is 9. The molecule has 1 aliphatic heterocycles. The third-order valence-corrected chi connectivity index (χ3v) is 7.85. The molecule has 1 amide bonds. The number of likely N-dealkylation sites (tertiary alicyclic amines) is 1. The van der Waals surface area contributed by atoms with Crippen LogP contribution in [0.1, 0.15) is 53.7 Å². The maximum absolute atomic E-state index is 13.8. The van der Waals surface area contributed by atoms with Crippen LogP contribution < -0.4 is 5.73 Å². The molecule has 0 aromatic heterocycles. The zero-order valence-electron chi connectivity index (χ0n) is 24.3. The topological polar surface area (TPSA) is 74.0 Å². The van der Waals surface area contributed by atoms with Crippen molar-refractivity contribution < 1.29 is 45.3 Å². The number of nitrogens with zero attached hydrogens (tertiary/aromatic N) is 1. The molecular formula is C32H34F6N2O4. The number of hydrogen-bond acceptors (Lipinski definition) is 5. The van der Waals surface area contributed by atoms with Crippen LogP contribution in [0.25, 0.3) is 0 Å². The Morgan fingerprint density at radius 1 is 0.886 bits per heavy atom. The summed E-state index contributed by atoms with van der Waals surface area (Å²) >= 11 is 0. The molecule has 3 atom stereocenters. The van der Waals surface area contributed by atoms with Gasteiger partial charge in [-0.05, 0) is 54.7 Å². The number of piperidine rings is 1. The lowest BCUT2D eigenvalue weighted by Gasteiger charge is -2.52. The van der Waals surface area contributed by atoms with E-state index in [1.54, 1.807) is 54.6 Å². The predicted octanol–water partition coefficient (Wildman–Crippen LogP) is 7.47. The highest BCUT2D eigenvalue weighted by Crippen LogP contribution is 2.43. The first kappa shape index (κ1) is 33.3. The zero-order chi connectivity index (χ0) is 32.2. The molecular weight excluding hydrogens is 590 g/mol. The van der Waals surface area contributed by atoms with Crippen molar-refractivity contribution in [2.75, 3.05) is 26.9 Å². The first-order valence-electron chi connectivity index (χ1n) is 13.9. The van der Waals surface area contributed by atoms with Gasteiger partial charge >= 0.3 is 18.4 Å². The van der Waals surface area contributed by atoms with Gasteiger partial charge in [-0.15, -0.1) is 0 Å². The number of carbonyl (C=O) groups is 1. The fourth-order valence-electron chi connectivity index (χ4n) is 5.43. The van der Waals surface area contributed by atoms with E-state index >= 15 is 0 Å². The molecule has 1 saturated heterocycles. The van der Waals surface area contributed by atoms with Crippen LogP contribution in [-0.2, 0) is 38.7 Å². The predicted molar refractivity (Wildman–Crippen MR) is 150 cm³/mol. The largest absolute Gasteiger partial charge is 0.445 e. The van der Waals surface area contributed by atoms with Gasteiger partial charge in [0.2, 0.25) is 0 Å². The number of halogens is 6. The van der Waals surface area contributed by atoms with Crippen molar-refractivity contribution in [1.82, 2.24) is 4.90 Å². The molecule has 6 nitrogen and oxygen atoms in total. The van der Waals surface area contributed by atoms with Gasteiger partial charge in [0.1, 0.15) is 6.61 Å². The van der Waals surface area contributed by atoms with Gasteiger partial charge in [0, 0.05) is 13.7 Å². The second-order valence-corrected chi connectivity index (χ2v) is 11.1. The normalized spacial score (nSPS) is 21.6. The fraction of sp³-hybridized carbons (Fsp3) is 0.406. The average molecular weight is 625 g/mol. The zero-order valence-corrected chi connectivity index (χ0v) is 24.3. The van der Waals surface area contributed by atoms with E-state index in [1.165, 1.54) is 18.9 Å². The first-order valence-corrected chi connectivity index (χ1v) is 13.9. The van der Waals surface area contributed by atoms with E-state index < -0.39 is 46.8 Å². The summed E-state index contributed by atoms with van der Waals surface area (Å²) in [4.78, 5) is 15.2. The molecule has 0 aliphatic carbocycles. The summed E-state index contributed by atoms with van der Waals surface area (Å²) in [6.45, 7) is 1.18. The molecule has 238 valence electrons. The number of benzene rings is 3. The molecule has 1 fully saturated rings. The number of methoxy groups -OCH3 is 1. The Labute approximate surface area is 251 Å². The van der Waals surface area contributed by atoms with Crippen molar-refractivity contribution in [2.24, 2.45) is 5.73 Å². The Bertz CT molecular complexity index is 1370. The van der Waals surface area contributed by atoms with Gasteiger partial charge in [-0.3, -0.25) is 4.90 Å². The van der Waals surface area contributed by atoms with Gasteiger partial charge in [0.25, 0.3) is 0 Å². The maximum Gasteiger partial charge on any atom is 0.416 e. The minimum Gasteiger partial charge on any atom is -0.445 e. The third-order valence-electron chi connectivity index (χ3n) is 7.85. The van der Waals surface area contributed by atoms with E-state index in [0.717, 1.165) is 5.56 Å². The molecule has 2 N–H and O–H groups in total. The second-order valence-electron chi connectivity index (χ2n) is 11.1. The van der Waals surface area contributed by atoms with E-state index in [1.807, 2.05) is 6.07 Å². The minimum absolute atomic E-state index is 0.0110. The van der Waals surface area contributed by atoms with E-state index in [0.29, 0.717) is 24.1 Å². The lowest BCUT2D eigenvalue weighted by molar-refractivity contribution is -0.143. The van der Waals surface area contributed by atoms with Crippen LogP contribution in [0.2, 0.25) is 0 Å². The van der Waals surface area contributed by atoms with E-state index in [2.05, 4.69) is 0 Å². The van der Waals surface area contributed by atoms with Crippen LogP contribution >= 0.6 is 0 Å². The smallest absolute Gasteiger partial charge is 0.416 e. The summed E-state index contributed by atoms with van der Waals surface area (Å²) < 4.78 is 98.4. The van der Waals surface area contributed by atoms with Gasteiger partial charge in [-0.2, -0.15) is 26.3 Å². The lowest BCUT2D eigenvalue weighted by atomic mass is 9.75. The summed E-state index contributed by atoms with van der Waals surface area (Å²) in [5.74, 6) is 0. The molecule has 4 rings (SSSR count). The van der Waals surface area contributed by atoms with Gasteiger partial charge in [0.15, 0.2) is 0 Å². The summed E-state index contributed by atoms with van der Waals surface area (Å²) in [6.07, 6.45) is -11.3. The Kier molecular flexibility index (Phi) is 9.96. The Morgan fingerprint density at radius 3 is 2.00 bits per heavy atom. The van der Waals surface area contributed by atoms with Gasteiger partial charge in [-0.25, -0.2) is 4.79 Å². The number of ether oxygens (including phenoxy) is 3. The van der Waals surface area contributed by atoms with Crippen LogP contribution in [-0.4, -0.2) is 43.4 Å². The maximum atomic E-state index is 13.8. The molecule has 12 heteroatoms. The summed E-state index contributed by atoms with van der Waals surface area (Å²) in [5.41, 5.74) is 2.67. The van der Waals surface area contributed by atoms with Crippen molar-refractivity contribution in [2.45, 2.75) is 55.9 Å². The molecule has 0 saturated carbocycles. The van der Waals surface area contributed by atoms with Crippen molar-refractivity contribution in [1.29, 1.82) is 0 Å². The molecule has 1 unspecified atom stereocenters. The number of nitrogens with two attached hydrogens (primary N) is 1. The van der Waals surface area contributed by atoms with Gasteiger partial charge in [0.05, 0.1) is 41.5 Å². The number of alkyl halides is 6. The Hall–Kier alpha value is -3.61. The molecule has 0 bridgehead atoms. The molecule has 0 radical (unpaired) electrons. The minimum atomic E-state index is -5.00. The average Bonchev–Trinajstić information content (AvgIpc) is 2.99. The summed E-state index contributed by atoms with van der Waals surface area (Å²) in [6, 6.07) is 19.2. The number of carbonyl (C=O) groups excluding carboxylic acids is 1. The van der Waals surface area contributed by atoms with Gasteiger partial charge in [-0.1, -0.05) is 60.7 Å². The van der Waals surface area contributed by atoms with E-state index in [9.17, 15) is 31.1 Å². The monoisotopic (exact) mass is 624 g/mol. The number of hydrogen-bond donors (Lipinski definition) is 1. The highest BCUT2D eigenvalue weighted by Gasteiger charge is 2.51. The van der Waals surface area contributed by atoms with E-state index in [-0.39, 0.29) is 44.4 Å². The number of amides is 1. The lowest BCUT2D eigenvalue weighted by Crippen LogP contribution is -2.66. The highest BCUT2D eigenvalue weighted by atomic mass is 19.4. The fourth-order valence-corrected chi connectivity index (χ4v) is 5.43. The van der Waals surface area contributed by atoms with Crippen molar-refractivity contribution in [3.63, 3.8) is 0 Å². The van der Waals surface area contributed by atoms with Crippen molar-refractivity contribution in [3.05, 3.63) is 107 Å². The van der Waals surface area contributed by atoms with E-state index in [4.69, 9.17) is 19.9 Å². The van der Waals surface area contributed by atoms with Crippen molar-refractivity contribution in [3.8, 4) is 0 Å². The van der Waals surface area contributed by atoms with Crippen LogP contribution in [0.15, 0.2) is 78.9 Å². The summed E-state index contributed by atoms with van der Waals surface area (Å²) in [7, 11) is 1.49. The van der Waals surface area contributed by atoms with Crippen molar-refractivity contribution >= 4 is 6.09 Å². The van der Waals surface area contributed by atoms with Crippen LogP contribution in [0, 0.1) is 0 Å². The van der Waals surface area contributed by atoms with Crippen LogP contribution in [0.5, 0.6) is 0 Å². The quantitative estimate of drug-likeness (QED) is 0.250. The standard InChI is InChI=1S/C32H34F6N2O4/c1-22(24-15-26(31(33,34)35)17-27(16-24)32(36,37)38)44-21-30(25-11-7-4-8-12-25)14-13-29(39,20-42-2)19-40(30)28(41)43-18-23-9-5-3-6-10-23/h3-12,15-17,22H,13-14,18-21,39H2,1-2H3/t22-,29?,30+/m1/s1. The molecule has 3 aromatic carbocycles. The molecule has 0 spiro atoms. The second kappa shape index (κ2) is 13.2. The third kappa shape index (κ3) is 7.72.